The van der Waals surface area contributed by atoms with Crippen molar-refractivity contribution < 1.29 is 0 Å². The number of anilines is 1. The van der Waals surface area contributed by atoms with Gasteiger partial charge in [-0.3, -0.25) is 4.90 Å². The first-order valence-electron chi connectivity index (χ1n) is 5.77. The molecule has 1 aromatic heterocycles. The molecule has 0 radical (unpaired) electrons. The Morgan fingerprint density at radius 2 is 2.47 bits per heavy atom. The summed E-state index contributed by atoms with van der Waals surface area (Å²) in [7, 11) is 0. The molecule has 0 aromatic carbocycles. The molecule has 0 bridgehead atoms. The molecule has 82 valence electrons. The lowest BCUT2D eigenvalue weighted by molar-refractivity contribution is 0.258. The summed E-state index contributed by atoms with van der Waals surface area (Å²) in [5.41, 5.74) is 7.13. The van der Waals surface area contributed by atoms with Crippen molar-refractivity contribution in [3.63, 3.8) is 0 Å². The fourth-order valence-electron chi connectivity index (χ4n) is 2.44. The van der Waals surface area contributed by atoms with Crippen molar-refractivity contribution >= 4 is 5.82 Å². The van der Waals surface area contributed by atoms with Crippen LogP contribution in [0.25, 0.3) is 0 Å². The SMILES string of the molecule is CCCN1CCCC1c1cccnc1N. The molecule has 0 saturated carbocycles. The van der Waals surface area contributed by atoms with Gasteiger partial charge in [0, 0.05) is 17.8 Å². The van der Waals surface area contributed by atoms with E-state index in [4.69, 9.17) is 5.73 Å². The molecular formula is C12H19N3. The molecule has 1 aliphatic rings. The highest BCUT2D eigenvalue weighted by molar-refractivity contribution is 5.41. The number of rotatable bonds is 3. The predicted octanol–water partition coefficient (Wildman–Crippen LogP) is 2.21. The molecule has 2 N–H and O–H groups in total. The Morgan fingerprint density at radius 3 is 3.20 bits per heavy atom. The van der Waals surface area contributed by atoms with Crippen molar-refractivity contribution in [2.24, 2.45) is 0 Å². The number of nitrogens with zero attached hydrogens (tertiary/aromatic N) is 2. The Labute approximate surface area is 91.3 Å². The van der Waals surface area contributed by atoms with Crippen molar-refractivity contribution in [3.8, 4) is 0 Å². The maximum Gasteiger partial charge on any atom is 0.128 e. The highest BCUT2D eigenvalue weighted by Crippen LogP contribution is 2.33. The molecule has 2 heterocycles. The smallest absolute Gasteiger partial charge is 0.128 e. The fraction of sp³-hybridized carbons (Fsp3) is 0.583. The highest BCUT2D eigenvalue weighted by atomic mass is 15.2. The molecule has 1 unspecified atom stereocenters. The van der Waals surface area contributed by atoms with E-state index in [1.54, 1.807) is 6.20 Å². The van der Waals surface area contributed by atoms with Gasteiger partial charge in [0.05, 0.1) is 0 Å². The summed E-state index contributed by atoms with van der Waals surface area (Å²) >= 11 is 0. The van der Waals surface area contributed by atoms with E-state index in [0.717, 1.165) is 0 Å². The first kappa shape index (κ1) is 10.4. The van der Waals surface area contributed by atoms with Gasteiger partial charge in [-0.15, -0.1) is 0 Å². The quantitative estimate of drug-likeness (QED) is 0.822. The maximum absolute atomic E-state index is 5.92. The van der Waals surface area contributed by atoms with Crippen molar-refractivity contribution in [2.45, 2.75) is 32.2 Å². The third-order valence-corrected chi connectivity index (χ3v) is 3.10. The monoisotopic (exact) mass is 205 g/mol. The normalized spacial score (nSPS) is 22.1. The minimum absolute atomic E-state index is 0.499. The molecule has 1 fully saturated rings. The average Bonchev–Trinajstić information content (AvgIpc) is 2.67. The van der Waals surface area contributed by atoms with E-state index in [1.807, 2.05) is 6.07 Å². The molecule has 1 aliphatic heterocycles. The second-order valence-electron chi connectivity index (χ2n) is 4.17. The fourth-order valence-corrected chi connectivity index (χ4v) is 2.44. The lowest BCUT2D eigenvalue weighted by atomic mass is 10.1. The third-order valence-electron chi connectivity index (χ3n) is 3.10. The summed E-state index contributed by atoms with van der Waals surface area (Å²) in [4.78, 5) is 6.69. The van der Waals surface area contributed by atoms with Gasteiger partial charge in [-0.25, -0.2) is 4.98 Å². The van der Waals surface area contributed by atoms with Crippen LogP contribution in [0.15, 0.2) is 18.3 Å². The number of nitrogen functional groups attached to an aromatic ring is 1. The molecule has 3 nitrogen and oxygen atoms in total. The molecule has 1 saturated heterocycles. The number of nitrogens with two attached hydrogens (primary N) is 1. The van der Waals surface area contributed by atoms with Gasteiger partial charge < -0.3 is 5.73 Å². The minimum atomic E-state index is 0.499. The standard InChI is InChI=1S/C12H19N3/c1-2-8-15-9-4-6-11(15)10-5-3-7-14-12(10)13/h3,5,7,11H,2,4,6,8-9H2,1H3,(H2,13,14). The largest absolute Gasteiger partial charge is 0.383 e. The lowest BCUT2D eigenvalue weighted by Gasteiger charge is -2.24. The number of aromatic nitrogens is 1. The summed E-state index contributed by atoms with van der Waals surface area (Å²) in [5, 5.41) is 0. The summed E-state index contributed by atoms with van der Waals surface area (Å²) in [6.45, 7) is 4.59. The number of hydrogen-bond acceptors (Lipinski definition) is 3. The molecule has 1 aromatic rings. The molecule has 0 amide bonds. The van der Waals surface area contributed by atoms with Gasteiger partial charge in [-0.2, -0.15) is 0 Å². The topological polar surface area (TPSA) is 42.2 Å². The summed E-state index contributed by atoms with van der Waals surface area (Å²) in [6.07, 6.45) is 5.46. The van der Waals surface area contributed by atoms with E-state index in [1.165, 1.54) is 37.9 Å². The van der Waals surface area contributed by atoms with E-state index in [0.29, 0.717) is 11.9 Å². The van der Waals surface area contributed by atoms with E-state index in [-0.39, 0.29) is 0 Å². The Balaban J connectivity index is 2.19. The van der Waals surface area contributed by atoms with Gasteiger partial charge in [0.25, 0.3) is 0 Å². The maximum atomic E-state index is 5.92. The summed E-state index contributed by atoms with van der Waals surface area (Å²) in [5.74, 6) is 0.700. The van der Waals surface area contributed by atoms with Gasteiger partial charge in [-0.1, -0.05) is 13.0 Å². The van der Waals surface area contributed by atoms with Crippen LogP contribution in [0, 0.1) is 0 Å². The molecule has 2 rings (SSSR count). The number of pyridine rings is 1. The number of likely N-dealkylation sites (tertiary alicyclic amines) is 1. The van der Waals surface area contributed by atoms with Crippen LogP contribution >= 0.6 is 0 Å². The van der Waals surface area contributed by atoms with Crippen LogP contribution in [0.1, 0.15) is 37.8 Å². The molecule has 3 heteroatoms. The van der Waals surface area contributed by atoms with Gasteiger partial charge in [0.2, 0.25) is 0 Å². The Kier molecular flexibility index (Phi) is 3.21. The lowest BCUT2D eigenvalue weighted by Crippen LogP contribution is -2.24. The van der Waals surface area contributed by atoms with Gasteiger partial charge in [-0.05, 0) is 38.4 Å². The Bertz CT molecular complexity index is 324. The molecule has 0 spiro atoms. The number of hydrogen-bond donors (Lipinski definition) is 1. The van der Waals surface area contributed by atoms with E-state index >= 15 is 0 Å². The Morgan fingerprint density at radius 1 is 1.60 bits per heavy atom. The van der Waals surface area contributed by atoms with Crippen LogP contribution < -0.4 is 5.73 Å². The van der Waals surface area contributed by atoms with Gasteiger partial charge in [0.15, 0.2) is 0 Å². The average molecular weight is 205 g/mol. The first-order valence-corrected chi connectivity index (χ1v) is 5.77. The van der Waals surface area contributed by atoms with Crippen molar-refractivity contribution in [1.82, 2.24) is 9.88 Å². The van der Waals surface area contributed by atoms with Crippen LogP contribution in [0.2, 0.25) is 0 Å². The van der Waals surface area contributed by atoms with Gasteiger partial charge >= 0.3 is 0 Å². The van der Waals surface area contributed by atoms with Crippen molar-refractivity contribution in [3.05, 3.63) is 23.9 Å². The second kappa shape index (κ2) is 4.62. The second-order valence-corrected chi connectivity index (χ2v) is 4.17. The predicted molar refractivity (Wildman–Crippen MR) is 62.5 cm³/mol. The van der Waals surface area contributed by atoms with Crippen molar-refractivity contribution in [2.75, 3.05) is 18.8 Å². The summed E-state index contributed by atoms with van der Waals surface area (Å²) < 4.78 is 0. The third kappa shape index (κ3) is 2.12. The Hall–Kier alpha value is -1.09. The van der Waals surface area contributed by atoms with E-state index in [9.17, 15) is 0 Å². The van der Waals surface area contributed by atoms with Crippen LogP contribution in [-0.2, 0) is 0 Å². The van der Waals surface area contributed by atoms with E-state index in [2.05, 4.69) is 22.9 Å². The zero-order valence-corrected chi connectivity index (χ0v) is 9.32. The minimum Gasteiger partial charge on any atom is -0.383 e. The van der Waals surface area contributed by atoms with Crippen molar-refractivity contribution in [1.29, 1.82) is 0 Å². The van der Waals surface area contributed by atoms with Crippen LogP contribution in [0.5, 0.6) is 0 Å². The molecular weight excluding hydrogens is 186 g/mol. The van der Waals surface area contributed by atoms with E-state index < -0.39 is 0 Å². The first-order chi connectivity index (χ1) is 7.33. The van der Waals surface area contributed by atoms with Crippen LogP contribution in [0.4, 0.5) is 5.82 Å². The molecule has 0 aliphatic carbocycles. The molecule has 15 heavy (non-hydrogen) atoms. The van der Waals surface area contributed by atoms with Crippen LogP contribution in [-0.4, -0.2) is 23.0 Å². The zero-order chi connectivity index (χ0) is 10.7. The van der Waals surface area contributed by atoms with Gasteiger partial charge in [0.1, 0.15) is 5.82 Å². The van der Waals surface area contributed by atoms with Crippen LogP contribution in [0.3, 0.4) is 0 Å². The highest BCUT2D eigenvalue weighted by Gasteiger charge is 2.26. The zero-order valence-electron chi connectivity index (χ0n) is 9.32. The summed E-state index contributed by atoms with van der Waals surface area (Å²) in [6, 6.07) is 4.59. The molecule has 1 atom stereocenters.